The lowest BCUT2D eigenvalue weighted by Crippen LogP contribution is -2.28. The maximum Gasteiger partial charge on any atom is 0.220 e. The third kappa shape index (κ3) is 5.59. The Morgan fingerprint density at radius 3 is 2.70 bits per heavy atom. The lowest BCUT2D eigenvalue weighted by Gasteiger charge is -2.26. The molecular formula is C22H30N2O3. The second-order valence-electron chi connectivity index (χ2n) is 7.81. The number of hydrogen-bond acceptors (Lipinski definition) is 4. The van der Waals surface area contributed by atoms with E-state index in [-0.39, 0.29) is 17.7 Å². The molecule has 5 nitrogen and oxygen atoms in total. The molecule has 1 aromatic carbocycles. The first kappa shape index (κ1) is 19.5. The number of carbonyl (C=O) groups excluding carboxylic acids is 1. The maximum absolute atomic E-state index is 12.1. The van der Waals surface area contributed by atoms with E-state index in [2.05, 4.69) is 4.98 Å². The van der Waals surface area contributed by atoms with Gasteiger partial charge in [-0.15, -0.1) is 0 Å². The van der Waals surface area contributed by atoms with Crippen LogP contribution >= 0.6 is 0 Å². The Hall–Kier alpha value is -2.30. The van der Waals surface area contributed by atoms with Crippen molar-refractivity contribution in [2.75, 3.05) is 0 Å². The molecule has 3 rings (SSSR count). The van der Waals surface area contributed by atoms with Crippen molar-refractivity contribution < 1.29 is 14.3 Å². The fourth-order valence-corrected chi connectivity index (χ4v) is 4.33. The standard InChI is InChI=1S/C22H30N2O3/c23-21(26)19(14-16-6-2-1-3-7-16)15-18(22-24-12-13-27-22)11-10-17-8-4-5-9-20(17)25/h4-5,8-9,12-13,16,18-19,25H,1-3,6-7,10-11,14-15H2,(H2,23,26). The minimum absolute atomic E-state index is 0.0145. The molecule has 0 aliphatic heterocycles. The third-order valence-corrected chi connectivity index (χ3v) is 5.87. The van der Waals surface area contributed by atoms with E-state index in [0.717, 1.165) is 18.4 Å². The van der Waals surface area contributed by atoms with Crippen molar-refractivity contribution in [3.8, 4) is 5.75 Å². The number of nitrogens with zero attached hydrogens (tertiary/aromatic N) is 1. The van der Waals surface area contributed by atoms with E-state index in [9.17, 15) is 9.90 Å². The summed E-state index contributed by atoms with van der Waals surface area (Å²) < 4.78 is 5.56. The van der Waals surface area contributed by atoms with Crippen molar-refractivity contribution in [3.05, 3.63) is 48.2 Å². The molecule has 2 unspecified atom stereocenters. The van der Waals surface area contributed by atoms with Crippen LogP contribution in [0.3, 0.4) is 0 Å². The normalized spacial score (nSPS) is 17.5. The number of para-hydroxylation sites is 1. The van der Waals surface area contributed by atoms with Gasteiger partial charge in [0.2, 0.25) is 5.91 Å². The van der Waals surface area contributed by atoms with Crippen molar-refractivity contribution in [1.29, 1.82) is 0 Å². The first-order chi connectivity index (χ1) is 13.1. The number of oxazole rings is 1. The van der Waals surface area contributed by atoms with E-state index in [0.29, 0.717) is 30.4 Å². The summed E-state index contributed by atoms with van der Waals surface area (Å²) in [4.78, 5) is 16.5. The minimum Gasteiger partial charge on any atom is -0.508 e. The van der Waals surface area contributed by atoms with Crippen LogP contribution in [0.2, 0.25) is 0 Å². The molecule has 2 aromatic rings. The van der Waals surface area contributed by atoms with Gasteiger partial charge >= 0.3 is 0 Å². The molecule has 0 radical (unpaired) electrons. The molecule has 0 spiro atoms. The van der Waals surface area contributed by atoms with Gasteiger partial charge in [-0.3, -0.25) is 4.79 Å². The summed E-state index contributed by atoms with van der Waals surface area (Å²) in [6.07, 6.45) is 12.4. The number of carbonyl (C=O) groups is 1. The molecule has 1 saturated carbocycles. The lowest BCUT2D eigenvalue weighted by molar-refractivity contribution is -0.122. The Balaban J connectivity index is 1.67. The monoisotopic (exact) mass is 370 g/mol. The number of amides is 1. The SMILES string of the molecule is NC(=O)C(CC1CCCCC1)CC(CCc1ccccc1O)c1ncco1. The molecule has 146 valence electrons. The summed E-state index contributed by atoms with van der Waals surface area (Å²) in [5.74, 6) is 1.19. The Morgan fingerprint density at radius 2 is 2.04 bits per heavy atom. The first-order valence-electron chi connectivity index (χ1n) is 10.1. The summed E-state index contributed by atoms with van der Waals surface area (Å²) in [6.45, 7) is 0. The molecule has 1 heterocycles. The van der Waals surface area contributed by atoms with Crippen LogP contribution in [0, 0.1) is 11.8 Å². The zero-order chi connectivity index (χ0) is 19.1. The smallest absolute Gasteiger partial charge is 0.220 e. The predicted octanol–water partition coefficient (Wildman–Crippen LogP) is 4.56. The van der Waals surface area contributed by atoms with Crippen LogP contribution in [0.1, 0.15) is 68.7 Å². The molecule has 1 amide bonds. The molecule has 0 bridgehead atoms. The Morgan fingerprint density at radius 1 is 1.26 bits per heavy atom. The number of aryl methyl sites for hydroxylation is 1. The Kier molecular flexibility index (Phi) is 6.91. The summed E-state index contributed by atoms with van der Waals surface area (Å²) >= 11 is 0. The van der Waals surface area contributed by atoms with Crippen LogP contribution in [-0.4, -0.2) is 16.0 Å². The predicted molar refractivity (Wildman–Crippen MR) is 104 cm³/mol. The van der Waals surface area contributed by atoms with Crippen LogP contribution in [-0.2, 0) is 11.2 Å². The van der Waals surface area contributed by atoms with Gasteiger partial charge in [-0.2, -0.15) is 0 Å². The average Bonchev–Trinajstić information content (AvgIpc) is 3.20. The van der Waals surface area contributed by atoms with Gasteiger partial charge < -0.3 is 15.3 Å². The number of benzene rings is 1. The van der Waals surface area contributed by atoms with E-state index in [1.54, 1.807) is 18.5 Å². The van der Waals surface area contributed by atoms with Crippen LogP contribution < -0.4 is 5.73 Å². The van der Waals surface area contributed by atoms with Crippen LogP contribution in [0.5, 0.6) is 5.75 Å². The number of primary amides is 1. The highest BCUT2D eigenvalue weighted by atomic mass is 16.3. The van der Waals surface area contributed by atoms with E-state index < -0.39 is 0 Å². The molecule has 5 heteroatoms. The van der Waals surface area contributed by atoms with Gasteiger partial charge in [0.05, 0.1) is 6.20 Å². The highest BCUT2D eigenvalue weighted by molar-refractivity contribution is 5.76. The first-order valence-corrected chi connectivity index (χ1v) is 10.1. The Bertz CT molecular complexity index is 708. The molecule has 1 aliphatic rings. The minimum atomic E-state index is -0.223. The molecule has 1 aromatic heterocycles. The third-order valence-electron chi connectivity index (χ3n) is 5.87. The fraction of sp³-hybridized carbons (Fsp3) is 0.545. The highest BCUT2D eigenvalue weighted by Gasteiger charge is 2.28. The zero-order valence-electron chi connectivity index (χ0n) is 15.8. The van der Waals surface area contributed by atoms with E-state index in [1.165, 1.54) is 32.1 Å². The van der Waals surface area contributed by atoms with Crippen LogP contribution in [0.4, 0.5) is 0 Å². The summed E-state index contributed by atoms with van der Waals surface area (Å²) in [7, 11) is 0. The molecule has 1 aliphatic carbocycles. The molecule has 0 saturated heterocycles. The van der Waals surface area contributed by atoms with E-state index in [4.69, 9.17) is 10.2 Å². The topological polar surface area (TPSA) is 89.4 Å². The quantitative estimate of drug-likeness (QED) is 0.677. The Labute approximate surface area is 161 Å². The number of aromatic hydroxyl groups is 1. The van der Waals surface area contributed by atoms with Gasteiger partial charge in [-0.1, -0.05) is 50.3 Å². The van der Waals surface area contributed by atoms with Crippen molar-refractivity contribution in [2.45, 2.75) is 63.7 Å². The van der Waals surface area contributed by atoms with Crippen molar-refractivity contribution in [1.82, 2.24) is 4.98 Å². The molecule has 2 atom stereocenters. The van der Waals surface area contributed by atoms with Gasteiger partial charge in [0, 0.05) is 11.8 Å². The number of phenolic OH excluding ortho intramolecular Hbond substituents is 1. The summed E-state index contributed by atoms with van der Waals surface area (Å²) in [5.41, 5.74) is 6.66. The van der Waals surface area contributed by atoms with Gasteiger partial charge in [0.25, 0.3) is 0 Å². The number of phenols is 1. The van der Waals surface area contributed by atoms with Crippen molar-refractivity contribution in [2.24, 2.45) is 17.6 Å². The fourth-order valence-electron chi connectivity index (χ4n) is 4.33. The number of rotatable bonds is 9. The largest absolute Gasteiger partial charge is 0.508 e. The van der Waals surface area contributed by atoms with E-state index >= 15 is 0 Å². The van der Waals surface area contributed by atoms with Gasteiger partial charge in [-0.05, 0) is 43.2 Å². The molecule has 27 heavy (non-hydrogen) atoms. The van der Waals surface area contributed by atoms with Crippen LogP contribution in [0.25, 0.3) is 0 Å². The maximum atomic E-state index is 12.1. The zero-order valence-corrected chi connectivity index (χ0v) is 15.8. The number of aromatic nitrogens is 1. The highest BCUT2D eigenvalue weighted by Crippen LogP contribution is 2.35. The lowest BCUT2D eigenvalue weighted by atomic mass is 9.79. The van der Waals surface area contributed by atoms with E-state index in [1.807, 2.05) is 18.2 Å². The average molecular weight is 370 g/mol. The second-order valence-corrected chi connectivity index (χ2v) is 7.81. The van der Waals surface area contributed by atoms with Crippen molar-refractivity contribution in [3.63, 3.8) is 0 Å². The number of hydrogen-bond donors (Lipinski definition) is 2. The van der Waals surface area contributed by atoms with Crippen molar-refractivity contribution >= 4 is 5.91 Å². The van der Waals surface area contributed by atoms with Gasteiger partial charge in [0.15, 0.2) is 5.89 Å². The molecule has 1 fully saturated rings. The van der Waals surface area contributed by atoms with Crippen LogP contribution in [0.15, 0.2) is 41.1 Å². The van der Waals surface area contributed by atoms with Gasteiger partial charge in [0.1, 0.15) is 12.0 Å². The summed E-state index contributed by atoms with van der Waals surface area (Å²) in [6, 6.07) is 7.36. The van der Waals surface area contributed by atoms with Gasteiger partial charge in [-0.25, -0.2) is 4.98 Å². The molecule has 3 N–H and O–H groups in total. The molecular weight excluding hydrogens is 340 g/mol. The number of nitrogens with two attached hydrogens (primary N) is 1. The summed E-state index contributed by atoms with van der Waals surface area (Å²) in [5, 5.41) is 10.0. The second kappa shape index (κ2) is 9.58.